The minimum atomic E-state index is 0.109. The lowest BCUT2D eigenvalue weighted by atomic mass is 9.96. The van der Waals surface area contributed by atoms with E-state index in [1.165, 1.54) is 11.8 Å². The fourth-order valence-corrected chi connectivity index (χ4v) is 3.99. The van der Waals surface area contributed by atoms with E-state index in [1.807, 2.05) is 31.9 Å². The SMILES string of the molecule is CSc1nc2nc(C)c(CC(=O)N3CCC(c4nc(C)no4)CC3)c(C)n2n1. The van der Waals surface area contributed by atoms with Crippen molar-refractivity contribution < 1.29 is 9.32 Å². The summed E-state index contributed by atoms with van der Waals surface area (Å²) < 4.78 is 7.02. The number of fused-ring (bicyclic) bond motifs is 1. The first-order valence-electron chi connectivity index (χ1n) is 9.31. The van der Waals surface area contributed by atoms with Crippen LogP contribution in [0.2, 0.25) is 0 Å². The molecule has 0 saturated carbocycles. The van der Waals surface area contributed by atoms with Gasteiger partial charge >= 0.3 is 0 Å². The average molecular weight is 401 g/mol. The van der Waals surface area contributed by atoms with E-state index in [9.17, 15) is 4.79 Å². The van der Waals surface area contributed by atoms with E-state index in [4.69, 9.17) is 4.52 Å². The van der Waals surface area contributed by atoms with Gasteiger partial charge in [-0.25, -0.2) is 9.50 Å². The fourth-order valence-electron chi connectivity index (χ4n) is 3.65. The maximum Gasteiger partial charge on any atom is 0.253 e. The maximum atomic E-state index is 12.9. The predicted molar refractivity (Wildman–Crippen MR) is 103 cm³/mol. The van der Waals surface area contributed by atoms with Crippen molar-refractivity contribution in [3.05, 3.63) is 28.7 Å². The second-order valence-electron chi connectivity index (χ2n) is 7.08. The van der Waals surface area contributed by atoms with Crippen molar-refractivity contribution in [1.29, 1.82) is 0 Å². The number of carbonyl (C=O) groups is 1. The summed E-state index contributed by atoms with van der Waals surface area (Å²) in [6.07, 6.45) is 3.92. The molecule has 4 rings (SSSR count). The van der Waals surface area contributed by atoms with Gasteiger partial charge in [0, 0.05) is 36.0 Å². The van der Waals surface area contributed by atoms with Crippen molar-refractivity contribution in [2.45, 2.75) is 51.1 Å². The zero-order chi connectivity index (χ0) is 19.8. The zero-order valence-electron chi connectivity index (χ0n) is 16.5. The Morgan fingerprint density at radius 1 is 1.18 bits per heavy atom. The molecule has 9 nitrogen and oxygen atoms in total. The van der Waals surface area contributed by atoms with Gasteiger partial charge in [-0.1, -0.05) is 16.9 Å². The summed E-state index contributed by atoms with van der Waals surface area (Å²) in [4.78, 5) is 28.1. The van der Waals surface area contributed by atoms with Crippen LogP contribution in [-0.2, 0) is 11.2 Å². The first-order valence-corrected chi connectivity index (χ1v) is 10.5. The van der Waals surface area contributed by atoms with Crippen LogP contribution in [0.5, 0.6) is 0 Å². The number of hydrogen-bond acceptors (Lipinski definition) is 8. The maximum absolute atomic E-state index is 12.9. The van der Waals surface area contributed by atoms with Crippen LogP contribution >= 0.6 is 11.8 Å². The number of amides is 1. The topological polar surface area (TPSA) is 102 Å². The summed E-state index contributed by atoms with van der Waals surface area (Å²) >= 11 is 1.48. The molecule has 1 aliphatic heterocycles. The Bertz CT molecular complexity index is 1020. The predicted octanol–water partition coefficient (Wildman–Crippen LogP) is 2.10. The van der Waals surface area contributed by atoms with E-state index < -0.39 is 0 Å². The van der Waals surface area contributed by atoms with E-state index in [0.717, 1.165) is 29.8 Å². The van der Waals surface area contributed by atoms with Crippen molar-refractivity contribution in [2.75, 3.05) is 19.3 Å². The standard InChI is InChI=1S/C18H23N7O2S/c1-10-14(11(2)25-17(19-10)21-18(22-25)28-4)9-15(26)24-7-5-13(6-8-24)16-20-12(3)23-27-16/h13H,5-9H2,1-4H3. The summed E-state index contributed by atoms with van der Waals surface area (Å²) in [5.74, 6) is 2.25. The highest BCUT2D eigenvalue weighted by atomic mass is 32.2. The van der Waals surface area contributed by atoms with Gasteiger partial charge in [0.25, 0.3) is 5.78 Å². The van der Waals surface area contributed by atoms with E-state index in [2.05, 4.69) is 25.2 Å². The molecule has 0 spiro atoms. The second-order valence-corrected chi connectivity index (χ2v) is 7.86. The lowest BCUT2D eigenvalue weighted by Gasteiger charge is -2.30. The number of rotatable bonds is 4. The minimum absolute atomic E-state index is 0.109. The Morgan fingerprint density at radius 2 is 1.93 bits per heavy atom. The summed E-state index contributed by atoms with van der Waals surface area (Å²) in [5.41, 5.74) is 2.67. The number of aryl methyl sites for hydroxylation is 3. The summed E-state index contributed by atoms with van der Waals surface area (Å²) in [6, 6.07) is 0. The quantitative estimate of drug-likeness (QED) is 0.613. The Balaban J connectivity index is 1.47. The van der Waals surface area contributed by atoms with Crippen LogP contribution in [0.3, 0.4) is 0 Å². The van der Waals surface area contributed by atoms with Gasteiger partial charge in [0.05, 0.1) is 6.42 Å². The average Bonchev–Trinajstić information content (AvgIpc) is 3.31. The number of piperidine rings is 1. The van der Waals surface area contributed by atoms with Gasteiger partial charge in [-0.15, -0.1) is 5.10 Å². The first kappa shape index (κ1) is 18.9. The Labute approximate surface area is 166 Å². The third-order valence-electron chi connectivity index (χ3n) is 5.28. The molecule has 4 heterocycles. The number of nitrogens with zero attached hydrogens (tertiary/aromatic N) is 7. The molecule has 1 aliphatic rings. The zero-order valence-corrected chi connectivity index (χ0v) is 17.3. The van der Waals surface area contributed by atoms with Crippen molar-refractivity contribution in [3.63, 3.8) is 0 Å². The monoisotopic (exact) mass is 401 g/mol. The van der Waals surface area contributed by atoms with Crippen molar-refractivity contribution >= 4 is 23.4 Å². The van der Waals surface area contributed by atoms with Gasteiger partial charge in [-0.3, -0.25) is 4.79 Å². The van der Waals surface area contributed by atoms with Crippen LogP contribution < -0.4 is 0 Å². The van der Waals surface area contributed by atoms with Gasteiger partial charge < -0.3 is 9.42 Å². The molecule has 3 aromatic heterocycles. The van der Waals surface area contributed by atoms with E-state index in [1.54, 1.807) is 4.52 Å². The summed E-state index contributed by atoms with van der Waals surface area (Å²) in [6.45, 7) is 7.09. The van der Waals surface area contributed by atoms with E-state index in [0.29, 0.717) is 42.2 Å². The number of hydrogen-bond donors (Lipinski definition) is 0. The minimum Gasteiger partial charge on any atom is -0.342 e. The summed E-state index contributed by atoms with van der Waals surface area (Å²) in [5, 5.41) is 9.00. The molecule has 0 aromatic carbocycles. The highest BCUT2D eigenvalue weighted by Crippen LogP contribution is 2.27. The molecular formula is C18H23N7O2S. The van der Waals surface area contributed by atoms with Crippen LogP contribution in [0, 0.1) is 20.8 Å². The molecular weight excluding hydrogens is 378 g/mol. The van der Waals surface area contributed by atoms with Crippen molar-refractivity contribution in [2.24, 2.45) is 0 Å². The third kappa shape index (κ3) is 3.48. The molecule has 0 bridgehead atoms. The van der Waals surface area contributed by atoms with Gasteiger partial charge in [-0.2, -0.15) is 9.97 Å². The molecule has 148 valence electrons. The van der Waals surface area contributed by atoms with Crippen LogP contribution in [-0.4, -0.2) is 59.9 Å². The van der Waals surface area contributed by atoms with Gasteiger partial charge in [0.15, 0.2) is 5.82 Å². The van der Waals surface area contributed by atoms with Gasteiger partial charge in [-0.05, 0) is 39.9 Å². The normalized spacial score (nSPS) is 15.5. The molecule has 0 aliphatic carbocycles. The third-order valence-corrected chi connectivity index (χ3v) is 5.82. The molecule has 0 N–H and O–H groups in total. The van der Waals surface area contributed by atoms with Crippen LogP contribution in [0.4, 0.5) is 0 Å². The first-order chi connectivity index (χ1) is 13.5. The van der Waals surface area contributed by atoms with Crippen molar-refractivity contribution in [1.82, 2.24) is 34.6 Å². The van der Waals surface area contributed by atoms with Crippen LogP contribution in [0.15, 0.2) is 9.68 Å². The second kappa shape index (κ2) is 7.50. The lowest BCUT2D eigenvalue weighted by Crippen LogP contribution is -2.39. The molecule has 0 radical (unpaired) electrons. The number of likely N-dealkylation sites (tertiary alicyclic amines) is 1. The highest BCUT2D eigenvalue weighted by Gasteiger charge is 2.28. The van der Waals surface area contributed by atoms with E-state index in [-0.39, 0.29) is 11.8 Å². The van der Waals surface area contributed by atoms with E-state index >= 15 is 0 Å². The smallest absolute Gasteiger partial charge is 0.253 e. The molecule has 3 aromatic rings. The number of thioether (sulfide) groups is 1. The molecule has 0 atom stereocenters. The summed E-state index contributed by atoms with van der Waals surface area (Å²) in [7, 11) is 0. The van der Waals surface area contributed by atoms with Gasteiger partial charge in [0.1, 0.15) is 0 Å². The fraction of sp³-hybridized carbons (Fsp3) is 0.556. The van der Waals surface area contributed by atoms with Crippen LogP contribution in [0.1, 0.15) is 47.4 Å². The molecule has 1 fully saturated rings. The number of aromatic nitrogens is 6. The largest absolute Gasteiger partial charge is 0.342 e. The highest BCUT2D eigenvalue weighted by molar-refractivity contribution is 7.98. The Hall–Kier alpha value is -2.49. The van der Waals surface area contributed by atoms with Crippen LogP contribution in [0.25, 0.3) is 5.78 Å². The molecule has 1 saturated heterocycles. The molecule has 28 heavy (non-hydrogen) atoms. The number of carbonyl (C=O) groups excluding carboxylic acids is 1. The molecule has 10 heteroatoms. The Kier molecular flexibility index (Phi) is 5.05. The molecule has 1 amide bonds. The van der Waals surface area contributed by atoms with Gasteiger partial charge in [0.2, 0.25) is 17.0 Å². The van der Waals surface area contributed by atoms with Crippen molar-refractivity contribution in [3.8, 4) is 0 Å². The molecule has 0 unspecified atom stereocenters. The Morgan fingerprint density at radius 3 is 2.57 bits per heavy atom. The lowest BCUT2D eigenvalue weighted by molar-refractivity contribution is -0.131.